The summed E-state index contributed by atoms with van der Waals surface area (Å²) in [5, 5.41) is 8.89. The van der Waals surface area contributed by atoms with Gasteiger partial charge in [-0.25, -0.2) is 4.79 Å². The summed E-state index contributed by atoms with van der Waals surface area (Å²) in [6.45, 7) is 1.71. The maximum absolute atomic E-state index is 12.0. The van der Waals surface area contributed by atoms with Crippen molar-refractivity contribution in [2.45, 2.75) is 51.0 Å². The molecule has 96 valence electrons. The topological polar surface area (TPSA) is 50.1 Å². The van der Waals surface area contributed by atoms with Crippen LogP contribution >= 0.6 is 0 Å². The lowest BCUT2D eigenvalue weighted by molar-refractivity contribution is -0.181. The molecule has 0 radical (unpaired) electrons. The molecule has 0 aromatic heterocycles. The van der Waals surface area contributed by atoms with Gasteiger partial charge in [0.2, 0.25) is 0 Å². The SMILES string of the molecule is CC=C(C#N)C(=O)OC12CC3CC(CC(C3)C1)C2. The van der Waals surface area contributed by atoms with E-state index < -0.39 is 5.97 Å². The Balaban J connectivity index is 1.77. The molecule has 0 atom stereocenters. The summed E-state index contributed by atoms with van der Waals surface area (Å²) in [4.78, 5) is 12.0. The summed E-state index contributed by atoms with van der Waals surface area (Å²) in [7, 11) is 0. The maximum atomic E-state index is 12.0. The largest absolute Gasteiger partial charge is 0.455 e. The first-order chi connectivity index (χ1) is 8.64. The van der Waals surface area contributed by atoms with Crippen LogP contribution in [0.5, 0.6) is 0 Å². The molecule has 0 amide bonds. The van der Waals surface area contributed by atoms with Gasteiger partial charge in [0.05, 0.1) is 0 Å². The van der Waals surface area contributed by atoms with Crippen LogP contribution in [0.25, 0.3) is 0 Å². The summed E-state index contributed by atoms with van der Waals surface area (Å²) in [6, 6.07) is 1.92. The molecular formula is C15H19NO2. The average Bonchev–Trinajstić information content (AvgIpc) is 2.27. The minimum absolute atomic E-state index is 0.144. The lowest BCUT2D eigenvalue weighted by Crippen LogP contribution is -2.52. The molecule has 4 aliphatic rings. The lowest BCUT2D eigenvalue weighted by Gasteiger charge is -2.55. The molecule has 4 bridgehead atoms. The van der Waals surface area contributed by atoms with Crippen LogP contribution in [0.3, 0.4) is 0 Å². The number of rotatable bonds is 2. The Bertz CT molecular complexity index is 409. The highest BCUT2D eigenvalue weighted by Crippen LogP contribution is 2.57. The molecule has 0 unspecified atom stereocenters. The number of hydrogen-bond acceptors (Lipinski definition) is 3. The van der Waals surface area contributed by atoms with Gasteiger partial charge in [0.15, 0.2) is 0 Å². The van der Waals surface area contributed by atoms with Gasteiger partial charge in [0.25, 0.3) is 0 Å². The maximum Gasteiger partial charge on any atom is 0.349 e. The van der Waals surface area contributed by atoms with Crippen molar-refractivity contribution in [2.24, 2.45) is 17.8 Å². The third kappa shape index (κ3) is 1.84. The molecule has 3 nitrogen and oxygen atoms in total. The van der Waals surface area contributed by atoms with Crippen molar-refractivity contribution in [1.29, 1.82) is 5.26 Å². The summed E-state index contributed by atoms with van der Waals surface area (Å²) < 4.78 is 5.76. The van der Waals surface area contributed by atoms with Gasteiger partial charge in [-0.15, -0.1) is 0 Å². The van der Waals surface area contributed by atoms with Gasteiger partial charge in [-0.2, -0.15) is 5.26 Å². The van der Waals surface area contributed by atoms with Crippen molar-refractivity contribution >= 4 is 5.97 Å². The number of carbonyl (C=O) groups is 1. The second kappa shape index (κ2) is 4.12. The van der Waals surface area contributed by atoms with Crippen LogP contribution in [0.4, 0.5) is 0 Å². The second-order valence-electron chi connectivity index (χ2n) is 6.30. The Morgan fingerprint density at radius 3 is 2.11 bits per heavy atom. The van der Waals surface area contributed by atoms with Crippen LogP contribution in [0.2, 0.25) is 0 Å². The molecule has 3 heteroatoms. The van der Waals surface area contributed by atoms with E-state index in [1.165, 1.54) is 19.3 Å². The molecule has 0 aliphatic heterocycles. The molecule has 4 fully saturated rings. The zero-order chi connectivity index (χ0) is 12.8. The molecule has 4 saturated carbocycles. The van der Waals surface area contributed by atoms with Gasteiger partial charge < -0.3 is 4.74 Å². The fourth-order valence-corrected chi connectivity index (χ4v) is 4.64. The van der Waals surface area contributed by atoms with Crippen molar-refractivity contribution < 1.29 is 9.53 Å². The number of esters is 1. The van der Waals surface area contributed by atoms with Gasteiger partial charge in [-0.3, -0.25) is 0 Å². The van der Waals surface area contributed by atoms with Crippen LogP contribution in [0.1, 0.15) is 45.4 Å². The molecule has 18 heavy (non-hydrogen) atoms. The minimum atomic E-state index is -0.415. The van der Waals surface area contributed by atoms with Gasteiger partial charge >= 0.3 is 5.97 Å². The highest BCUT2D eigenvalue weighted by Gasteiger charge is 2.53. The molecule has 0 heterocycles. The second-order valence-corrected chi connectivity index (χ2v) is 6.30. The first-order valence-electron chi connectivity index (χ1n) is 6.94. The zero-order valence-electron chi connectivity index (χ0n) is 10.8. The van der Waals surface area contributed by atoms with Gasteiger partial charge in [0.1, 0.15) is 17.2 Å². The molecule has 0 aromatic rings. The normalized spacial score (nSPS) is 41.6. The number of nitriles is 1. The van der Waals surface area contributed by atoms with Gasteiger partial charge in [-0.05, 0) is 63.2 Å². The molecule has 4 aliphatic carbocycles. The predicted molar refractivity (Wildman–Crippen MR) is 66.4 cm³/mol. The fraction of sp³-hybridized carbons (Fsp3) is 0.733. The number of hydrogen-bond donors (Lipinski definition) is 0. The number of carbonyl (C=O) groups excluding carboxylic acids is 1. The summed E-state index contributed by atoms with van der Waals surface area (Å²) >= 11 is 0. The minimum Gasteiger partial charge on any atom is -0.455 e. The predicted octanol–water partition coefficient (Wildman–Crippen LogP) is 2.97. The lowest BCUT2D eigenvalue weighted by atomic mass is 9.54. The van der Waals surface area contributed by atoms with Crippen molar-refractivity contribution in [3.8, 4) is 6.07 Å². The smallest absolute Gasteiger partial charge is 0.349 e. The van der Waals surface area contributed by atoms with E-state index in [9.17, 15) is 4.79 Å². The molecule has 4 rings (SSSR count). The molecular weight excluding hydrogens is 226 g/mol. The monoisotopic (exact) mass is 245 g/mol. The quantitative estimate of drug-likeness (QED) is 0.427. The number of allylic oxidation sites excluding steroid dienone is 1. The van der Waals surface area contributed by atoms with Crippen LogP contribution in [0, 0.1) is 29.1 Å². The van der Waals surface area contributed by atoms with E-state index in [0.717, 1.165) is 37.0 Å². The van der Waals surface area contributed by atoms with E-state index in [1.807, 2.05) is 6.07 Å². The molecule has 0 aromatic carbocycles. The van der Waals surface area contributed by atoms with E-state index in [4.69, 9.17) is 10.00 Å². The van der Waals surface area contributed by atoms with E-state index in [2.05, 4.69) is 0 Å². The van der Waals surface area contributed by atoms with E-state index in [-0.39, 0.29) is 11.2 Å². The standard InChI is InChI=1S/C15H19NO2/c1-2-13(9-16)14(17)18-15-6-10-3-11(7-15)5-12(4-10)8-15/h2,10-12H,3-8H2,1H3. The van der Waals surface area contributed by atoms with Crippen molar-refractivity contribution in [1.82, 2.24) is 0 Å². The van der Waals surface area contributed by atoms with Gasteiger partial charge in [0, 0.05) is 0 Å². The Kier molecular flexibility index (Phi) is 2.69. The fourth-order valence-electron chi connectivity index (χ4n) is 4.64. The Morgan fingerprint density at radius 2 is 1.72 bits per heavy atom. The van der Waals surface area contributed by atoms with Crippen molar-refractivity contribution in [3.05, 3.63) is 11.6 Å². The Labute approximate surface area is 108 Å². The average molecular weight is 245 g/mol. The van der Waals surface area contributed by atoms with Gasteiger partial charge in [-0.1, -0.05) is 6.08 Å². The number of nitrogens with zero attached hydrogens (tertiary/aromatic N) is 1. The molecule has 0 saturated heterocycles. The third-order valence-electron chi connectivity index (χ3n) is 4.92. The third-order valence-corrected chi connectivity index (χ3v) is 4.92. The summed E-state index contributed by atoms with van der Waals surface area (Å²) in [5.41, 5.74) is -0.0949. The first kappa shape index (κ1) is 11.8. The summed E-state index contributed by atoms with van der Waals surface area (Å²) in [5.74, 6) is 1.84. The van der Waals surface area contributed by atoms with E-state index >= 15 is 0 Å². The Morgan fingerprint density at radius 1 is 1.22 bits per heavy atom. The van der Waals surface area contributed by atoms with Crippen LogP contribution in [-0.2, 0) is 9.53 Å². The van der Waals surface area contributed by atoms with E-state index in [0.29, 0.717) is 0 Å². The Hall–Kier alpha value is -1.30. The zero-order valence-corrected chi connectivity index (χ0v) is 10.8. The highest BCUT2D eigenvalue weighted by molar-refractivity contribution is 5.92. The van der Waals surface area contributed by atoms with Crippen LogP contribution in [0.15, 0.2) is 11.6 Å². The van der Waals surface area contributed by atoms with Crippen molar-refractivity contribution in [2.75, 3.05) is 0 Å². The highest BCUT2D eigenvalue weighted by atomic mass is 16.6. The molecule has 0 spiro atoms. The van der Waals surface area contributed by atoms with Crippen LogP contribution < -0.4 is 0 Å². The number of ether oxygens (including phenoxy) is 1. The molecule has 0 N–H and O–H groups in total. The van der Waals surface area contributed by atoms with Crippen LogP contribution in [-0.4, -0.2) is 11.6 Å². The summed E-state index contributed by atoms with van der Waals surface area (Å²) in [6.07, 6.45) is 8.58. The van der Waals surface area contributed by atoms with E-state index in [1.54, 1.807) is 13.0 Å². The van der Waals surface area contributed by atoms with Crippen molar-refractivity contribution in [3.63, 3.8) is 0 Å². The first-order valence-corrected chi connectivity index (χ1v) is 6.94.